The van der Waals surface area contributed by atoms with Gasteiger partial charge in [0.15, 0.2) is 0 Å². The Hall–Kier alpha value is -0.560. The van der Waals surface area contributed by atoms with Gasteiger partial charge in [0, 0.05) is 17.2 Å². The molecule has 2 aromatic rings. The van der Waals surface area contributed by atoms with Crippen molar-refractivity contribution in [3.8, 4) is 0 Å². The molecule has 1 aromatic carbocycles. The molecule has 112 valence electrons. The van der Waals surface area contributed by atoms with Crippen LogP contribution in [0.5, 0.6) is 0 Å². The van der Waals surface area contributed by atoms with Crippen molar-refractivity contribution in [1.29, 1.82) is 0 Å². The molecule has 2 rings (SSSR count). The molecule has 8 heteroatoms. The molecule has 0 spiro atoms. The highest BCUT2D eigenvalue weighted by Gasteiger charge is 2.11. The fraction of sp³-hybridized carbons (Fsp3) is 0.231. The van der Waals surface area contributed by atoms with E-state index >= 15 is 0 Å². The molecule has 0 saturated heterocycles. The highest BCUT2D eigenvalue weighted by atomic mass is 79.9. The topological polar surface area (TPSA) is 49.8 Å². The van der Waals surface area contributed by atoms with Crippen molar-refractivity contribution >= 4 is 72.5 Å². The van der Waals surface area contributed by atoms with Gasteiger partial charge in [0.1, 0.15) is 5.82 Å². The van der Waals surface area contributed by atoms with E-state index in [1.165, 1.54) is 0 Å². The standard InChI is InChI=1S/C13H12Br2Cl2N4/c1-2-5-18-13-19-6-8(15)12(21-13)20-9-4-3-7(14)10(16)11(9)17/h3-4,6H,2,5H2,1H3,(H2,18,19,20,21). The molecule has 0 bridgehead atoms. The van der Waals surface area contributed by atoms with E-state index in [4.69, 9.17) is 23.2 Å². The number of benzene rings is 1. The predicted molar refractivity (Wildman–Crippen MR) is 96.0 cm³/mol. The first kappa shape index (κ1) is 16.8. The van der Waals surface area contributed by atoms with Crippen LogP contribution in [0.4, 0.5) is 17.5 Å². The third-order valence-corrected chi connectivity index (χ3v) is 4.92. The van der Waals surface area contributed by atoms with E-state index < -0.39 is 0 Å². The molecular formula is C13H12Br2Cl2N4. The van der Waals surface area contributed by atoms with E-state index in [1.54, 1.807) is 6.20 Å². The van der Waals surface area contributed by atoms with Crippen LogP contribution in [0.15, 0.2) is 27.3 Å². The van der Waals surface area contributed by atoms with Gasteiger partial charge in [-0.15, -0.1) is 0 Å². The van der Waals surface area contributed by atoms with Crippen LogP contribution in [-0.2, 0) is 0 Å². The van der Waals surface area contributed by atoms with Gasteiger partial charge in [0.05, 0.1) is 20.2 Å². The van der Waals surface area contributed by atoms with Crippen molar-refractivity contribution in [3.05, 3.63) is 37.3 Å². The number of halogens is 4. The molecule has 0 saturated carbocycles. The van der Waals surface area contributed by atoms with Gasteiger partial charge < -0.3 is 10.6 Å². The van der Waals surface area contributed by atoms with Crippen LogP contribution in [0.1, 0.15) is 13.3 Å². The summed E-state index contributed by atoms with van der Waals surface area (Å²) in [6.45, 7) is 2.89. The second-order valence-corrected chi connectivity index (χ2v) is 6.63. The lowest BCUT2D eigenvalue weighted by atomic mass is 10.3. The molecule has 1 aromatic heterocycles. The minimum Gasteiger partial charge on any atom is -0.354 e. The minimum atomic E-state index is 0.430. The molecular weight excluding hydrogens is 443 g/mol. The zero-order valence-corrected chi connectivity index (χ0v) is 15.7. The summed E-state index contributed by atoms with van der Waals surface area (Å²) >= 11 is 19.1. The Morgan fingerprint density at radius 1 is 1.14 bits per heavy atom. The molecule has 0 aliphatic heterocycles. The normalized spacial score (nSPS) is 10.5. The molecule has 4 nitrogen and oxygen atoms in total. The maximum Gasteiger partial charge on any atom is 0.224 e. The highest BCUT2D eigenvalue weighted by Crippen LogP contribution is 2.37. The van der Waals surface area contributed by atoms with Crippen LogP contribution in [-0.4, -0.2) is 16.5 Å². The summed E-state index contributed by atoms with van der Waals surface area (Å²) in [6, 6.07) is 3.65. The molecule has 0 aliphatic rings. The summed E-state index contributed by atoms with van der Waals surface area (Å²) in [7, 11) is 0. The summed E-state index contributed by atoms with van der Waals surface area (Å²) in [4.78, 5) is 8.60. The number of aromatic nitrogens is 2. The van der Waals surface area contributed by atoms with Gasteiger partial charge in [0.2, 0.25) is 5.95 Å². The second-order valence-electron chi connectivity index (χ2n) is 4.16. The van der Waals surface area contributed by atoms with E-state index in [0.29, 0.717) is 27.5 Å². The van der Waals surface area contributed by atoms with E-state index in [0.717, 1.165) is 21.9 Å². The zero-order valence-electron chi connectivity index (χ0n) is 11.1. The summed E-state index contributed by atoms with van der Waals surface area (Å²) < 4.78 is 1.48. The van der Waals surface area contributed by atoms with Gasteiger partial charge in [0.25, 0.3) is 0 Å². The quantitative estimate of drug-likeness (QED) is 0.554. The molecule has 1 heterocycles. The van der Waals surface area contributed by atoms with Crippen molar-refractivity contribution in [2.75, 3.05) is 17.2 Å². The van der Waals surface area contributed by atoms with Gasteiger partial charge >= 0.3 is 0 Å². The van der Waals surface area contributed by atoms with E-state index in [9.17, 15) is 0 Å². The maximum atomic E-state index is 6.23. The van der Waals surface area contributed by atoms with Crippen molar-refractivity contribution in [1.82, 2.24) is 9.97 Å². The van der Waals surface area contributed by atoms with E-state index in [1.807, 2.05) is 12.1 Å². The lowest BCUT2D eigenvalue weighted by molar-refractivity contribution is 0.952. The Labute approximate surface area is 149 Å². The Kier molecular flexibility index (Phi) is 6.10. The third-order valence-electron chi connectivity index (χ3n) is 2.57. The Bertz CT molecular complexity index is 652. The lowest BCUT2D eigenvalue weighted by Gasteiger charge is -2.12. The molecule has 0 radical (unpaired) electrons. The molecule has 0 fully saturated rings. The fourth-order valence-electron chi connectivity index (χ4n) is 1.53. The smallest absolute Gasteiger partial charge is 0.224 e. The van der Waals surface area contributed by atoms with Crippen LogP contribution in [0, 0.1) is 0 Å². The Morgan fingerprint density at radius 3 is 2.62 bits per heavy atom. The van der Waals surface area contributed by atoms with Crippen LogP contribution in [0.25, 0.3) is 0 Å². The van der Waals surface area contributed by atoms with Gasteiger partial charge in [-0.2, -0.15) is 4.98 Å². The van der Waals surface area contributed by atoms with Gasteiger partial charge in [-0.3, -0.25) is 0 Å². The first-order valence-electron chi connectivity index (χ1n) is 6.19. The highest BCUT2D eigenvalue weighted by molar-refractivity contribution is 9.11. The number of rotatable bonds is 5. The minimum absolute atomic E-state index is 0.430. The number of hydrogen-bond donors (Lipinski definition) is 2. The first-order valence-corrected chi connectivity index (χ1v) is 8.54. The lowest BCUT2D eigenvalue weighted by Crippen LogP contribution is -2.06. The molecule has 0 unspecified atom stereocenters. The SMILES string of the molecule is CCCNc1ncc(Br)c(Nc2ccc(Br)c(Cl)c2Cl)n1. The summed E-state index contributed by atoms with van der Waals surface area (Å²) in [5.74, 6) is 1.17. The second kappa shape index (κ2) is 7.63. The van der Waals surface area contributed by atoms with Crippen molar-refractivity contribution in [2.24, 2.45) is 0 Å². The van der Waals surface area contributed by atoms with Crippen molar-refractivity contribution in [2.45, 2.75) is 13.3 Å². The van der Waals surface area contributed by atoms with Crippen LogP contribution in [0.2, 0.25) is 10.0 Å². The van der Waals surface area contributed by atoms with Crippen LogP contribution >= 0.6 is 55.1 Å². The summed E-state index contributed by atoms with van der Waals surface area (Å²) in [5, 5.41) is 7.17. The number of nitrogens with zero attached hydrogens (tertiary/aromatic N) is 2. The first-order chi connectivity index (χ1) is 10.0. The monoisotopic (exact) mass is 452 g/mol. The van der Waals surface area contributed by atoms with Crippen LogP contribution < -0.4 is 10.6 Å². The van der Waals surface area contributed by atoms with Crippen molar-refractivity contribution in [3.63, 3.8) is 0 Å². The number of nitrogens with one attached hydrogen (secondary N) is 2. The van der Waals surface area contributed by atoms with Crippen LogP contribution in [0.3, 0.4) is 0 Å². The van der Waals surface area contributed by atoms with Gasteiger partial charge in [-0.25, -0.2) is 4.98 Å². The summed E-state index contributed by atoms with van der Waals surface area (Å²) in [6.07, 6.45) is 2.68. The summed E-state index contributed by atoms with van der Waals surface area (Å²) in [5.41, 5.74) is 0.672. The Morgan fingerprint density at radius 2 is 1.90 bits per heavy atom. The van der Waals surface area contributed by atoms with Gasteiger partial charge in [-0.1, -0.05) is 30.1 Å². The molecule has 21 heavy (non-hydrogen) atoms. The molecule has 0 atom stereocenters. The molecule has 0 aliphatic carbocycles. The number of anilines is 3. The largest absolute Gasteiger partial charge is 0.354 e. The van der Waals surface area contributed by atoms with E-state index in [-0.39, 0.29) is 0 Å². The molecule has 0 amide bonds. The van der Waals surface area contributed by atoms with Gasteiger partial charge in [-0.05, 0) is 50.4 Å². The molecule has 2 N–H and O–H groups in total. The Balaban J connectivity index is 2.28. The predicted octanol–water partition coefficient (Wildman–Crippen LogP) is 5.87. The van der Waals surface area contributed by atoms with Crippen molar-refractivity contribution < 1.29 is 0 Å². The average molecular weight is 455 g/mol. The zero-order chi connectivity index (χ0) is 15.4. The average Bonchev–Trinajstić information content (AvgIpc) is 2.48. The third kappa shape index (κ3) is 4.22. The number of hydrogen-bond acceptors (Lipinski definition) is 4. The van der Waals surface area contributed by atoms with E-state index in [2.05, 4.69) is 59.4 Å². The maximum absolute atomic E-state index is 6.23. The fourth-order valence-corrected chi connectivity index (χ4v) is 2.64.